The first-order valence-corrected chi connectivity index (χ1v) is 6.66. The van der Waals surface area contributed by atoms with Crippen LogP contribution >= 0.6 is 15.9 Å². The van der Waals surface area contributed by atoms with Gasteiger partial charge in [-0.25, -0.2) is 4.39 Å². The predicted octanol–water partition coefficient (Wildman–Crippen LogP) is 3.87. The van der Waals surface area contributed by atoms with Crippen LogP contribution in [-0.4, -0.2) is 12.2 Å². The molecule has 1 atom stereocenters. The summed E-state index contributed by atoms with van der Waals surface area (Å²) in [4.78, 5) is 0. The Balaban J connectivity index is 2.21. The molecule has 0 saturated heterocycles. The second kappa shape index (κ2) is 6.17. The highest BCUT2D eigenvalue weighted by atomic mass is 79.9. The van der Waals surface area contributed by atoms with Crippen LogP contribution in [0.3, 0.4) is 0 Å². The summed E-state index contributed by atoms with van der Waals surface area (Å²) in [6.45, 7) is 0. The van der Waals surface area contributed by atoms with Gasteiger partial charge in [0, 0.05) is 10.9 Å². The van der Waals surface area contributed by atoms with Gasteiger partial charge in [-0.15, -0.1) is 0 Å². The lowest BCUT2D eigenvalue weighted by atomic mass is 10.0. The number of rotatable bonds is 4. The Labute approximate surface area is 120 Å². The van der Waals surface area contributed by atoms with E-state index >= 15 is 0 Å². The Morgan fingerprint density at radius 2 is 2.00 bits per heavy atom. The van der Waals surface area contributed by atoms with Crippen molar-refractivity contribution >= 4 is 15.9 Å². The van der Waals surface area contributed by atoms with Crippen LogP contribution in [0.2, 0.25) is 0 Å². The zero-order valence-corrected chi connectivity index (χ0v) is 12.0. The molecular weight excluding hydrogens is 311 g/mol. The van der Waals surface area contributed by atoms with Gasteiger partial charge >= 0.3 is 0 Å². The highest BCUT2D eigenvalue weighted by molar-refractivity contribution is 9.10. The molecule has 0 aliphatic carbocycles. The molecule has 2 rings (SSSR count). The van der Waals surface area contributed by atoms with E-state index in [-0.39, 0.29) is 12.2 Å². The van der Waals surface area contributed by atoms with E-state index in [0.29, 0.717) is 16.9 Å². The van der Waals surface area contributed by atoms with Crippen LogP contribution in [0.25, 0.3) is 0 Å². The van der Waals surface area contributed by atoms with Gasteiger partial charge in [0.1, 0.15) is 11.6 Å². The highest BCUT2D eigenvalue weighted by Gasteiger charge is 2.14. The highest BCUT2D eigenvalue weighted by Crippen LogP contribution is 2.29. The van der Waals surface area contributed by atoms with Crippen LogP contribution in [0.1, 0.15) is 17.2 Å². The lowest BCUT2D eigenvalue weighted by Gasteiger charge is -2.14. The Morgan fingerprint density at radius 3 is 2.63 bits per heavy atom. The topological polar surface area (TPSA) is 29.5 Å². The SMILES string of the molecule is COc1ccc(C(O)Cc2ccccc2F)c(Br)c1. The minimum absolute atomic E-state index is 0.234. The summed E-state index contributed by atoms with van der Waals surface area (Å²) in [7, 11) is 1.58. The monoisotopic (exact) mass is 324 g/mol. The Hall–Kier alpha value is -1.39. The normalized spacial score (nSPS) is 12.2. The molecule has 0 aromatic heterocycles. The molecular formula is C15H14BrFO2. The van der Waals surface area contributed by atoms with Gasteiger partial charge in [-0.2, -0.15) is 0 Å². The molecule has 2 aromatic carbocycles. The second-order valence-corrected chi connectivity index (χ2v) is 5.05. The fourth-order valence-corrected chi connectivity index (χ4v) is 2.51. The van der Waals surface area contributed by atoms with Crippen molar-refractivity contribution in [2.75, 3.05) is 7.11 Å². The molecule has 0 aliphatic rings. The average molecular weight is 325 g/mol. The van der Waals surface area contributed by atoms with Crippen LogP contribution < -0.4 is 4.74 Å². The first-order chi connectivity index (χ1) is 9.11. The summed E-state index contributed by atoms with van der Waals surface area (Å²) in [6, 6.07) is 11.8. The van der Waals surface area contributed by atoms with E-state index in [1.165, 1.54) is 6.07 Å². The van der Waals surface area contributed by atoms with E-state index in [2.05, 4.69) is 15.9 Å². The summed E-state index contributed by atoms with van der Waals surface area (Å²) >= 11 is 3.39. The minimum atomic E-state index is -0.766. The number of aliphatic hydroxyl groups excluding tert-OH is 1. The van der Waals surface area contributed by atoms with Gasteiger partial charge in [0.2, 0.25) is 0 Å². The van der Waals surface area contributed by atoms with Crippen molar-refractivity contribution in [3.63, 3.8) is 0 Å². The van der Waals surface area contributed by atoms with Crippen LogP contribution in [0.5, 0.6) is 5.75 Å². The molecule has 2 aromatic rings. The average Bonchev–Trinajstić information content (AvgIpc) is 2.41. The summed E-state index contributed by atoms with van der Waals surface area (Å²) < 4.78 is 19.4. The number of hydrogen-bond acceptors (Lipinski definition) is 2. The van der Waals surface area contributed by atoms with Crippen molar-refractivity contribution in [3.05, 3.63) is 63.9 Å². The van der Waals surface area contributed by atoms with Crippen molar-refractivity contribution in [3.8, 4) is 5.75 Å². The summed E-state index contributed by atoms with van der Waals surface area (Å²) in [5, 5.41) is 10.2. The lowest BCUT2D eigenvalue weighted by Crippen LogP contribution is -2.04. The third-order valence-corrected chi connectivity index (χ3v) is 3.62. The third-order valence-electron chi connectivity index (χ3n) is 2.94. The second-order valence-electron chi connectivity index (χ2n) is 4.20. The van der Waals surface area contributed by atoms with Gasteiger partial charge in [0.05, 0.1) is 13.2 Å². The van der Waals surface area contributed by atoms with E-state index in [0.717, 1.165) is 4.47 Å². The molecule has 1 unspecified atom stereocenters. The van der Waals surface area contributed by atoms with Gasteiger partial charge in [-0.05, 0) is 29.3 Å². The molecule has 2 nitrogen and oxygen atoms in total. The van der Waals surface area contributed by atoms with Gasteiger partial charge in [0.25, 0.3) is 0 Å². The number of aliphatic hydroxyl groups is 1. The van der Waals surface area contributed by atoms with Crippen LogP contribution in [0.15, 0.2) is 46.9 Å². The van der Waals surface area contributed by atoms with Crippen LogP contribution in [0, 0.1) is 5.82 Å². The van der Waals surface area contributed by atoms with Crippen molar-refractivity contribution in [2.24, 2.45) is 0 Å². The van der Waals surface area contributed by atoms with Crippen molar-refractivity contribution in [1.82, 2.24) is 0 Å². The van der Waals surface area contributed by atoms with E-state index < -0.39 is 6.10 Å². The van der Waals surface area contributed by atoms with Crippen molar-refractivity contribution in [2.45, 2.75) is 12.5 Å². The Morgan fingerprint density at radius 1 is 1.26 bits per heavy atom. The van der Waals surface area contributed by atoms with E-state index in [9.17, 15) is 9.50 Å². The number of methoxy groups -OCH3 is 1. The Bertz CT molecular complexity index is 572. The van der Waals surface area contributed by atoms with E-state index in [4.69, 9.17) is 4.74 Å². The fourth-order valence-electron chi connectivity index (χ4n) is 1.89. The molecule has 4 heteroatoms. The molecule has 0 amide bonds. The standard InChI is InChI=1S/C15H14BrFO2/c1-19-11-6-7-12(13(16)9-11)15(18)8-10-4-2-3-5-14(10)17/h2-7,9,15,18H,8H2,1H3. The first kappa shape index (κ1) is 14.0. The third kappa shape index (κ3) is 3.33. The molecule has 100 valence electrons. The van der Waals surface area contributed by atoms with Gasteiger partial charge in [0.15, 0.2) is 0 Å². The number of halogens is 2. The van der Waals surface area contributed by atoms with Crippen LogP contribution in [-0.2, 0) is 6.42 Å². The van der Waals surface area contributed by atoms with Gasteiger partial charge in [-0.3, -0.25) is 0 Å². The maximum atomic E-state index is 13.5. The van der Waals surface area contributed by atoms with Crippen molar-refractivity contribution < 1.29 is 14.2 Å². The summed E-state index contributed by atoms with van der Waals surface area (Å²) in [5.41, 5.74) is 1.21. The van der Waals surface area contributed by atoms with Crippen LogP contribution in [0.4, 0.5) is 4.39 Å². The molecule has 0 aliphatic heterocycles. The minimum Gasteiger partial charge on any atom is -0.497 e. The van der Waals surface area contributed by atoms with E-state index in [1.54, 1.807) is 43.5 Å². The first-order valence-electron chi connectivity index (χ1n) is 5.86. The number of hydrogen-bond donors (Lipinski definition) is 1. The molecule has 0 spiro atoms. The molecule has 19 heavy (non-hydrogen) atoms. The smallest absolute Gasteiger partial charge is 0.126 e. The maximum Gasteiger partial charge on any atom is 0.126 e. The van der Waals surface area contributed by atoms with Gasteiger partial charge < -0.3 is 9.84 Å². The zero-order valence-electron chi connectivity index (χ0n) is 10.4. The zero-order chi connectivity index (χ0) is 13.8. The lowest BCUT2D eigenvalue weighted by molar-refractivity contribution is 0.176. The fraction of sp³-hybridized carbons (Fsp3) is 0.200. The molecule has 1 N–H and O–H groups in total. The largest absolute Gasteiger partial charge is 0.497 e. The van der Waals surface area contributed by atoms with E-state index in [1.807, 2.05) is 0 Å². The number of ether oxygens (including phenoxy) is 1. The Kier molecular flexibility index (Phi) is 4.56. The molecule has 0 bridgehead atoms. The molecule has 0 fully saturated rings. The molecule has 0 radical (unpaired) electrons. The number of benzene rings is 2. The molecule has 0 saturated carbocycles. The molecule has 0 heterocycles. The summed E-state index contributed by atoms with van der Waals surface area (Å²) in [5.74, 6) is 0.403. The van der Waals surface area contributed by atoms with Gasteiger partial charge in [-0.1, -0.05) is 40.2 Å². The quantitative estimate of drug-likeness (QED) is 0.925. The predicted molar refractivity (Wildman–Crippen MR) is 75.8 cm³/mol. The summed E-state index contributed by atoms with van der Waals surface area (Å²) in [6.07, 6.45) is -0.533. The van der Waals surface area contributed by atoms with Crippen molar-refractivity contribution in [1.29, 1.82) is 0 Å². The maximum absolute atomic E-state index is 13.5.